The largest absolute Gasteiger partial charge is 0.394 e. The van der Waals surface area contributed by atoms with Crippen molar-refractivity contribution < 1.29 is 0 Å². The van der Waals surface area contributed by atoms with Crippen LogP contribution in [0.3, 0.4) is 0 Å². The summed E-state index contributed by atoms with van der Waals surface area (Å²) < 4.78 is 0. The van der Waals surface area contributed by atoms with Crippen molar-refractivity contribution >= 4 is 11.5 Å². The maximum absolute atomic E-state index is 5.66. The molecule has 15 heavy (non-hydrogen) atoms. The van der Waals surface area contributed by atoms with Gasteiger partial charge in [0.2, 0.25) is 0 Å². The molecule has 2 aromatic rings. The second kappa shape index (κ2) is 4.32. The van der Waals surface area contributed by atoms with Gasteiger partial charge in [0.15, 0.2) is 5.82 Å². The molecule has 76 valence electrons. The topological polar surface area (TPSA) is 89.6 Å². The Morgan fingerprint density at radius 2 is 2.07 bits per heavy atom. The van der Waals surface area contributed by atoms with Crippen molar-refractivity contribution in [1.82, 2.24) is 19.9 Å². The molecule has 6 nitrogen and oxygen atoms in total. The quantitative estimate of drug-likeness (QED) is 0.751. The Hall–Kier alpha value is -2.24. The van der Waals surface area contributed by atoms with Crippen LogP contribution in [0, 0.1) is 0 Å². The van der Waals surface area contributed by atoms with Gasteiger partial charge in [0.05, 0.1) is 30.3 Å². The van der Waals surface area contributed by atoms with Gasteiger partial charge in [-0.2, -0.15) is 0 Å². The highest BCUT2D eigenvalue weighted by Crippen LogP contribution is 2.11. The van der Waals surface area contributed by atoms with Gasteiger partial charge >= 0.3 is 0 Å². The fourth-order valence-electron chi connectivity index (χ4n) is 1.08. The fraction of sp³-hybridized carbons (Fsp3) is 0.111. The van der Waals surface area contributed by atoms with E-state index >= 15 is 0 Å². The lowest BCUT2D eigenvalue weighted by Gasteiger charge is -2.05. The highest BCUT2D eigenvalue weighted by molar-refractivity contribution is 5.58. The number of hydrogen-bond acceptors (Lipinski definition) is 6. The molecule has 0 atom stereocenters. The fourth-order valence-corrected chi connectivity index (χ4v) is 1.08. The van der Waals surface area contributed by atoms with Crippen molar-refractivity contribution in [3.05, 3.63) is 36.8 Å². The number of nitrogens with zero attached hydrogens (tertiary/aromatic N) is 4. The van der Waals surface area contributed by atoms with Gasteiger partial charge in [0, 0.05) is 12.4 Å². The third kappa shape index (κ3) is 2.37. The lowest BCUT2D eigenvalue weighted by molar-refractivity contribution is 0.993. The summed E-state index contributed by atoms with van der Waals surface area (Å²) in [4.78, 5) is 15.9. The van der Waals surface area contributed by atoms with E-state index in [1.165, 1.54) is 6.33 Å². The number of nitrogens with one attached hydrogen (secondary N) is 1. The summed E-state index contributed by atoms with van der Waals surface area (Å²) in [6.45, 7) is 0.537. The summed E-state index contributed by atoms with van der Waals surface area (Å²) in [5.74, 6) is 0.607. The second-order valence-electron chi connectivity index (χ2n) is 2.88. The average molecular weight is 202 g/mol. The molecule has 0 unspecified atom stereocenters. The second-order valence-corrected chi connectivity index (χ2v) is 2.88. The van der Waals surface area contributed by atoms with Gasteiger partial charge < -0.3 is 11.1 Å². The van der Waals surface area contributed by atoms with Crippen LogP contribution in [0.1, 0.15) is 5.69 Å². The first kappa shape index (κ1) is 9.32. The normalized spacial score (nSPS) is 9.87. The third-order valence-corrected chi connectivity index (χ3v) is 1.79. The number of anilines is 2. The molecule has 0 radical (unpaired) electrons. The maximum atomic E-state index is 5.66. The van der Waals surface area contributed by atoms with Gasteiger partial charge in [-0.1, -0.05) is 0 Å². The van der Waals surface area contributed by atoms with Gasteiger partial charge in [0.25, 0.3) is 0 Å². The minimum absolute atomic E-state index is 0.515. The van der Waals surface area contributed by atoms with Gasteiger partial charge in [0.1, 0.15) is 6.33 Å². The molecule has 0 saturated heterocycles. The summed E-state index contributed by atoms with van der Waals surface area (Å²) in [6.07, 6.45) is 7.94. The van der Waals surface area contributed by atoms with Crippen molar-refractivity contribution in [2.45, 2.75) is 6.54 Å². The molecule has 0 aliphatic heterocycles. The van der Waals surface area contributed by atoms with E-state index in [9.17, 15) is 0 Å². The maximum Gasteiger partial charge on any atom is 0.152 e. The van der Waals surface area contributed by atoms with E-state index in [4.69, 9.17) is 5.73 Å². The number of aromatic nitrogens is 4. The number of rotatable bonds is 3. The lowest BCUT2D eigenvalue weighted by atomic mass is 10.4. The summed E-state index contributed by atoms with van der Waals surface area (Å²) in [7, 11) is 0. The molecular formula is C9H10N6. The van der Waals surface area contributed by atoms with Crippen LogP contribution < -0.4 is 11.1 Å². The van der Waals surface area contributed by atoms with Crippen LogP contribution in [-0.2, 0) is 6.54 Å². The van der Waals surface area contributed by atoms with Gasteiger partial charge in [-0.05, 0) is 0 Å². The molecule has 0 aliphatic rings. The summed E-state index contributed by atoms with van der Waals surface area (Å²) in [5.41, 5.74) is 7.01. The summed E-state index contributed by atoms with van der Waals surface area (Å²) in [5, 5.41) is 3.05. The Morgan fingerprint density at radius 3 is 2.80 bits per heavy atom. The van der Waals surface area contributed by atoms with E-state index in [0.717, 1.165) is 5.69 Å². The zero-order chi connectivity index (χ0) is 10.5. The van der Waals surface area contributed by atoms with Crippen LogP contribution in [0.5, 0.6) is 0 Å². The molecule has 0 bridgehead atoms. The molecule has 2 aromatic heterocycles. The van der Waals surface area contributed by atoms with E-state index in [-0.39, 0.29) is 0 Å². The van der Waals surface area contributed by atoms with E-state index in [2.05, 4.69) is 25.3 Å². The van der Waals surface area contributed by atoms with Crippen LogP contribution in [-0.4, -0.2) is 19.9 Å². The molecule has 0 amide bonds. The van der Waals surface area contributed by atoms with Crippen LogP contribution in [0.4, 0.5) is 11.5 Å². The summed E-state index contributed by atoms with van der Waals surface area (Å²) in [6, 6.07) is 0. The molecule has 2 heterocycles. The standard InChI is InChI=1S/C9H10N6/c10-8-5-12-6-15-9(8)14-4-7-3-11-1-2-13-7/h1-3,5-6H,4,10H2,(H,12,14,15). The predicted molar refractivity (Wildman–Crippen MR) is 55.8 cm³/mol. The zero-order valence-electron chi connectivity index (χ0n) is 7.96. The minimum Gasteiger partial charge on any atom is -0.394 e. The highest BCUT2D eigenvalue weighted by Gasteiger charge is 1.99. The van der Waals surface area contributed by atoms with Crippen LogP contribution >= 0.6 is 0 Å². The molecule has 3 N–H and O–H groups in total. The minimum atomic E-state index is 0.515. The molecule has 0 saturated carbocycles. The number of nitrogens with two attached hydrogens (primary N) is 1. The third-order valence-electron chi connectivity index (χ3n) is 1.79. The average Bonchev–Trinajstić information content (AvgIpc) is 2.29. The Balaban J connectivity index is 2.03. The Morgan fingerprint density at radius 1 is 1.13 bits per heavy atom. The van der Waals surface area contributed by atoms with E-state index in [0.29, 0.717) is 18.1 Å². The van der Waals surface area contributed by atoms with Crippen LogP contribution in [0.2, 0.25) is 0 Å². The monoisotopic (exact) mass is 202 g/mol. The highest BCUT2D eigenvalue weighted by atomic mass is 15.0. The molecule has 0 fully saturated rings. The molecule has 2 rings (SSSR count). The smallest absolute Gasteiger partial charge is 0.152 e. The van der Waals surface area contributed by atoms with Crippen molar-refractivity contribution in [3.8, 4) is 0 Å². The van der Waals surface area contributed by atoms with Crippen molar-refractivity contribution in [2.24, 2.45) is 0 Å². The first-order valence-electron chi connectivity index (χ1n) is 4.40. The predicted octanol–water partition coefficient (Wildman–Crippen LogP) is 0.461. The SMILES string of the molecule is Nc1cncnc1NCc1cnccn1. The Labute approximate surface area is 86.6 Å². The lowest BCUT2D eigenvalue weighted by Crippen LogP contribution is -2.06. The Bertz CT molecular complexity index is 430. The zero-order valence-corrected chi connectivity index (χ0v) is 7.96. The number of hydrogen-bond donors (Lipinski definition) is 2. The molecule has 0 aromatic carbocycles. The van der Waals surface area contributed by atoms with Gasteiger partial charge in [-0.3, -0.25) is 9.97 Å². The molecule has 0 spiro atoms. The van der Waals surface area contributed by atoms with Crippen molar-refractivity contribution in [3.63, 3.8) is 0 Å². The van der Waals surface area contributed by atoms with Crippen molar-refractivity contribution in [1.29, 1.82) is 0 Å². The van der Waals surface area contributed by atoms with E-state index < -0.39 is 0 Å². The molecular weight excluding hydrogens is 192 g/mol. The molecule has 0 aliphatic carbocycles. The van der Waals surface area contributed by atoms with Gasteiger partial charge in [-0.25, -0.2) is 9.97 Å². The summed E-state index contributed by atoms with van der Waals surface area (Å²) >= 11 is 0. The van der Waals surface area contributed by atoms with Crippen LogP contribution in [0.25, 0.3) is 0 Å². The first-order valence-corrected chi connectivity index (χ1v) is 4.40. The Kier molecular flexibility index (Phi) is 2.68. The number of nitrogen functional groups attached to an aromatic ring is 1. The van der Waals surface area contributed by atoms with Crippen LogP contribution in [0.15, 0.2) is 31.1 Å². The first-order chi connectivity index (χ1) is 7.36. The van der Waals surface area contributed by atoms with E-state index in [1.54, 1.807) is 24.8 Å². The van der Waals surface area contributed by atoms with Gasteiger partial charge in [-0.15, -0.1) is 0 Å². The molecule has 6 heteroatoms. The van der Waals surface area contributed by atoms with E-state index in [1.807, 2.05) is 0 Å². The van der Waals surface area contributed by atoms with Crippen molar-refractivity contribution in [2.75, 3.05) is 11.1 Å².